The summed E-state index contributed by atoms with van der Waals surface area (Å²) >= 11 is 0. The molecule has 126 valence electrons. The normalized spacial score (nSPS) is 14.2. The molecular formula is C20H24N2O2. The quantitative estimate of drug-likeness (QED) is 0.886. The molecule has 1 saturated heterocycles. The molecule has 3 rings (SSSR count). The Hall–Kier alpha value is -2.49. The van der Waals surface area contributed by atoms with E-state index in [9.17, 15) is 4.79 Å². The zero-order chi connectivity index (χ0) is 16.6. The predicted octanol–water partition coefficient (Wildman–Crippen LogP) is 3.37. The highest BCUT2D eigenvalue weighted by atomic mass is 16.5. The molecule has 1 N–H and O–H groups in total. The van der Waals surface area contributed by atoms with Crippen LogP contribution in [0.15, 0.2) is 54.6 Å². The number of benzene rings is 2. The fourth-order valence-electron chi connectivity index (χ4n) is 3.01. The second kappa shape index (κ2) is 8.39. The van der Waals surface area contributed by atoms with Gasteiger partial charge in [-0.2, -0.15) is 0 Å². The van der Waals surface area contributed by atoms with Crippen molar-refractivity contribution in [2.45, 2.75) is 25.8 Å². The fourth-order valence-corrected chi connectivity index (χ4v) is 3.01. The van der Waals surface area contributed by atoms with E-state index in [2.05, 4.69) is 28.4 Å². The maximum Gasteiger partial charge on any atom is 0.258 e. The summed E-state index contributed by atoms with van der Waals surface area (Å²) in [4.78, 5) is 14.4. The van der Waals surface area contributed by atoms with E-state index < -0.39 is 0 Å². The van der Waals surface area contributed by atoms with E-state index in [0.717, 1.165) is 18.7 Å². The molecule has 0 saturated carbocycles. The van der Waals surface area contributed by atoms with Gasteiger partial charge in [-0.1, -0.05) is 36.4 Å². The van der Waals surface area contributed by atoms with Gasteiger partial charge in [0.25, 0.3) is 5.91 Å². The number of para-hydroxylation sites is 2. The molecule has 0 bridgehead atoms. The summed E-state index contributed by atoms with van der Waals surface area (Å²) in [6.45, 7) is 2.77. The molecule has 1 aliphatic heterocycles. The third-order valence-electron chi connectivity index (χ3n) is 4.28. The zero-order valence-electron chi connectivity index (χ0n) is 13.9. The summed E-state index contributed by atoms with van der Waals surface area (Å²) in [5.41, 5.74) is 2.40. The van der Waals surface area contributed by atoms with Gasteiger partial charge in [0.1, 0.15) is 5.75 Å². The molecule has 1 heterocycles. The van der Waals surface area contributed by atoms with Crippen LogP contribution >= 0.6 is 0 Å². The van der Waals surface area contributed by atoms with Crippen molar-refractivity contribution in [3.8, 4) is 5.75 Å². The van der Waals surface area contributed by atoms with Crippen molar-refractivity contribution in [3.05, 3.63) is 60.2 Å². The summed E-state index contributed by atoms with van der Waals surface area (Å²) < 4.78 is 5.48. The molecule has 0 atom stereocenters. The Morgan fingerprint density at radius 1 is 0.958 bits per heavy atom. The molecule has 0 radical (unpaired) electrons. The number of ether oxygens (including phenoxy) is 1. The van der Waals surface area contributed by atoms with E-state index in [0.29, 0.717) is 12.3 Å². The van der Waals surface area contributed by atoms with Gasteiger partial charge in [-0.15, -0.1) is 0 Å². The lowest BCUT2D eigenvalue weighted by Crippen LogP contribution is -2.32. The standard InChI is InChI=1S/C20H24N2O2/c23-20(16-24-18-10-3-1-4-11-18)21-15-17-9-5-6-12-19(17)22-13-7-2-8-14-22/h1,3-6,9-12H,2,7-8,13-16H2,(H,21,23). The van der Waals surface area contributed by atoms with Gasteiger partial charge >= 0.3 is 0 Å². The van der Waals surface area contributed by atoms with Crippen molar-refractivity contribution >= 4 is 11.6 Å². The first-order valence-corrected chi connectivity index (χ1v) is 8.60. The smallest absolute Gasteiger partial charge is 0.258 e. The van der Waals surface area contributed by atoms with Crippen molar-refractivity contribution < 1.29 is 9.53 Å². The van der Waals surface area contributed by atoms with Crippen LogP contribution in [0.4, 0.5) is 5.69 Å². The van der Waals surface area contributed by atoms with Crippen LogP contribution in [0.1, 0.15) is 24.8 Å². The maximum absolute atomic E-state index is 12.0. The van der Waals surface area contributed by atoms with Crippen LogP contribution in [0.3, 0.4) is 0 Å². The number of nitrogens with zero attached hydrogens (tertiary/aromatic N) is 1. The Bertz CT molecular complexity index is 652. The van der Waals surface area contributed by atoms with Gasteiger partial charge in [0, 0.05) is 25.3 Å². The number of piperidine rings is 1. The van der Waals surface area contributed by atoms with Gasteiger partial charge in [-0.3, -0.25) is 4.79 Å². The topological polar surface area (TPSA) is 41.6 Å². The predicted molar refractivity (Wildman–Crippen MR) is 96.3 cm³/mol. The van der Waals surface area contributed by atoms with Gasteiger partial charge in [0.2, 0.25) is 0 Å². The number of anilines is 1. The molecule has 2 aromatic rings. The first-order chi connectivity index (χ1) is 11.8. The van der Waals surface area contributed by atoms with Gasteiger partial charge in [-0.05, 0) is 43.0 Å². The Labute approximate surface area is 143 Å². The van der Waals surface area contributed by atoms with Gasteiger partial charge < -0.3 is 15.0 Å². The number of carbonyl (C=O) groups excluding carboxylic acids is 1. The number of nitrogens with one attached hydrogen (secondary N) is 1. The average molecular weight is 324 g/mol. The van der Waals surface area contributed by atoms with Crippen LogP contribution in [0.2, 0.25) is 0 Å². The third-order valence-corrected chi connectivity index (χ3v) is 4.28. The number of hydrogen-bond donors (Lipinski definition) is 1. The lowest BCUT2D eigenvalue weighted by Gasteiger charge is -2.30. The average Bonchev–Trinajstić information content (AvgIpc) is 2.66. The fraction of sp³-hybridized carbons (Fsp3) is 0.350. The lowest BCUT2D eigenvalue weighted by atomic mass is 10.1. The molecule has 0 aromatic heterocycles. The van der Waals surface area contributed by atoms with Crippen LogP contribution in [-0.4, -0.2) is 25.6 Å². The summed E-state index contributed by atoms with van der Waals surface area (Å²) in [6, 6.07) is 17.7. The monoisotopic (exact) mass is 324 g/mol. The Kier molecular flexibility index (Phi) is 5.72. The molecule has 1 aliphatic rings. The van der Waals surface area contributed by atoms with Crippen molar-refractivity contribution in [2.24, 2.45) is 0 Å². The van der Waals surface area contributed by atoms with E-state index in [1.54, 1.807) is 0 Å². The summed E-state index contributed by atoms with van der Waals surface area (Å²) in [5.74, 6) is 0.605. The van der Waals surface area contributed by atoms with Gasteiger partial charge in [0.15, 0.2) is 6.61 Å². The minimum Gasteiger partial charge on any atom is -0.484 e. The molecule has 0 spiro atoms. The summed E-state index contributed by atoms with van der Waals surface area (Å²) in [7, 11) is 0. The molecule has 1 fully saturated rings. The molecule has 4 nitrogen and oxygen atoms in total. The molecule has 24 heavy (non-hydrogen) atoms. The Balaban J connectivity index is 1.53. The van der Waals surface area contributed by atoms with E-state index >= 15 is 0 Å². The number of amides is 1. The van der Waals surface area contributed by atoms with Crippen LogP contribution in [-0.2, 0) is 11.3 Å². The highest BCUT2D eigenvalue weighted by Crippen LogP contribution is 2.23. The summed E-state index contributed by atoms with van der Waals surface area (Å²) in [6.07, 6.45) is 3.80. The van der Waals surface area contributed by atoms with Crippen LogP contribution < -0.4 is 15.0 Å². The second-order valence-electron chi connectivity index (χ2n) is 6.05. The molecule has 2 aromatic carbocycles. The first-order valence-electron chi connectivity index (χ1n) is 8.60. The largest absolute Gasteiger partial charge is 0.484 e. The number of rotatable bonds is 6. The SMILES string of the molecule is O=C(COc1ccccc1)NCc1ccccc1N1CCCCC1. The highest BCUT2D eigenvalue weighted by Gasteiger charge is 2.14. The van der Waals surface area contributed by atoms with Crippen molar-refractivity contribution in [1.29, 1.82) is 0 Å². The van der Waals surface area contributed by atoms with E-state index in [-0.39, 0.29) is 12.5 Å². The number of carbonyl (C=O) groups is 1. The van der Waals surface area contributed by atoms with Crippen molar-refractivity contribution in [1.82, 2.24) is 5.32 Å². The lowest BCUT2D eigenvalue weighted by molar-refractivity contribution is -0.123. The Morgan fingerprint density at radius 3 is 2.46 bits per heavy atom. The zero-order valence-corrected chi connectivity index (χ0v) is 13.9. The maximum atomic E-state index is 12.0. The second-order valence-corrected chi connectivity index (χ2v) is 6.05. The van der Waals surface area contributed by atoms with Gasteiger partial charge in [0.05, 0.1) is 0 Å². The first kappa shape index (κ1) is 16.4. The minimum absolute atomic E-state index is 0.0376. The molecule has 1 amide bonds. The molecule has 4 heteroatoms. The van der Waals surface area contributed by atoms with E-state index in [4.69, 9.17) is 4.74 Å². The molecule has 0 unspecified atom stereocenters. The van der Waals surface area contributed by atoms with Crippen LogP contribution in [0.25, 0.3) is 0 Å². The minimum atomic E-state index is -0.104. The van der Waals surface area contributed by atoms with Gasteiger partial charge in [-0.25, -0.2) is 0 Å². The Morgan fingerprint density at radius 2 is 1.67 bits per heavy atom. The van der Waals surface area contributed by atoms with Crippen molar-refractivity contribution in [3.63, 3.8) is 0 Å². The van der Waals surface area contributed by atoms with E-state index in [1.165, 1.54) is 24.9 Å². The summed E-state index contributed by atoms with van der Waals surface area (Å²) in [5, 5.41) is 2.96. The molecular weight excluding hydrogens is 300 g/mol. The highest BCUT2D eigenvalue weighted by molar-refractivity contribution is 5.77. The van der Waals surface area contributed by atoms with E-state index in [1.807, 2.05) is 36.4 Å². The number of hydrogen-bond acceptors (Lipinski definition) is 3. The van der Waals surface area contributed by atoms with Crippen LogP contribution in [0, 0.1) is 0 Å². The van der Waals surface area contributed by atoms with Crippen LogP contribution in [0.5, 0.6) is 5.75 Å². The van der Waals surface area contributed by atoms with Crippen molar-refractivity contribution in [2.75, 3.05) is 24.6 Å². The molecule has 0 aliphatic carbocycles. The third kappa shape index (κ3) is 4.51.